The third kappa shape index (κ3) is 2.88. The maximum absolute atomic E-state index is 12.0. The zero-order valence-corrected chi connectivity index (χ0v) is 10.9. The summed E-state index contributed by atoms with van der Waals surface area (Å²) in [5.41, 5.74) is 2.95. The van der Waals surface area contributed by atoms with Crippen LogP contribution in [0.5, 0.6) is 0 Å². The SMILES string of the molecule is CCCCN(C)C(=O)Cc1ccc2nc[nH]c2c1. The predicted molar refractivity (Wildman–Crippen MR) is 72.3 cm³/mol. The molecule has 0 aliphatic heterocycles. The maximum atomic E-state index is 12.0. The molecule has 0 atom stereocenters. The molecule has 2 aromatic rings. The summed E-state index contributed by atoms with van der Waals surface area (Å²) in [6, 6.07) is 5.91. The molecule has 0 aliphatic rings. The zero-order valence-electron chi connectivity index (χ0n) is 10.9. The van der Waals surface area contributed by atoms with Gasteiger partial charge < -0.3 is 9.88 Å². The number of benzene rings is 1. The first kappa shape index (κ1) is 12.6. The monoisotopic (exact) mass is 245 g/mol. The number of fused-ring (bicyclic) bond motifs is 1. The van der Waals surface area contributed by atoms with E-state index in [-0.39, 0.29) is 5.91 Å². The van der Waals surface area contributed by atoms with Crippen LogP contribution >= 0.6 is 0 Å². The molecule has 0 unspecified atom stereocenters. The molecule has 1 N–H and O–H groups in total. The number of H-pyrrole nitrogens is 1. The van der Waals surface area contributed by atoms with E-state index >= 15 is 0 Å². The van der Waals surface area contributed by atoms with Crippen molar-refractivity contribution in [3.63, 3.8) is 0 Å². The summed E-state index contributed by atoms with van der Waals surface area (Å²) in [5.74, 6) is 0.169. The van der Waals surface area contributed by atoms with Crippen molar-refractivity contribution in [2.75, 3.05) is 13.6 Å². The van der Waals surface area contributed by atoms with Gasteiger partial charge in [0.1, 0.15) is 0 Å². The Morgan fingerprint density at radius 3 is 3.06 bits per heavy atom. The van der Waals surface area contributed by atoms with Gasteiger partial charge in [0.15, 0.2) is 0 Å². The van der Waals surface area contributed by atoms with Crippen LogP contribution in [-0.2, 0) is 11.2 Å². The number of likely N-dealkylation sites (N-methyl/N-ethyl adjacent to an activating group) is 1. The summed E-state index contributed by atoms with van der Waals surface area (Å²) in [4.78, 5) is 21.0. The first-order valence-corrected chi connectivity index (χ1v) is 6.36. The van der Waals surface area contributed by atoms with Crippen LogP contribution in [0.25, 0.3) is 11.0 Å². The van der Waals surface area contributed by atoms with Gasteiger partial charge in [-0.05, 0) is 24.1 Å². The fraction of sp³-hybridized carbons (Fsp3) is 0.429. The van der Waals surface area contributed by atoms with Crippen molar-refractivity contribution in [2.24, 2.45) is 0 Å². The molecule has 4 heteroatoms. The van der Waals surface area contributed by atoms with Gasteiger partial charge in [0, 0.05) is 13.6 Å². The standard InChI is InChI=1S/C14H19N3O/c1-3-4-7-17(2)14(18)9-11-5-6-12-13(8-11)16-10-15-12/h5-6,8,10H,3-4,7,9H2,1-2H3,(H,15,16). The highest BCUT2D eigenvalue weighted by Gasteiger charge is 2.09. The predicted octanol–water partition coefficient (Wildman–Crippen LogP) is 2.36. The van der Waals surface area contributed by atoms with Crippen molar-refractivity contribution in [1.29, 1.82) is 0 Å². The lowest BCUT2D eigenvalue weighted by Gasteiger charge is -2.16. The third-order valence-electron chi connectivity index (χ3n) is 3.11. The number of nitrogens with zero attached hydrogens (tertiary/aromatic N) is 2. The Hall–Kier alpha value is -1.84. The third-order valence-corrected chi connectivity index (χ3v) is 3.11. The summed E-state index contributed by atoms with van der Waals surface area (Å²) in [6.07, 6.45) is 4.29. The van der Waals surface area contributed by atoms with Crippen LogP contribution in [-0.4, -0.2) is 34.4 Å². The van der Waals surface area contributed by atoms with Gasteiger partial charge in [-0.15, -0.1) is 0 Å². The normalized spacial score (nSPS) is 10.8. The first-order valence-electron chi connectivity index (χ1n) is 6.36. The lowest BCUT2D eigenvalue weighted by atomic mass is 10.1. The van der Waals surface area contributed by atoms with Crippen LogP contribution in [0.3, 0.4) is 0 Å². The molecule has 0 fully saturated rings. The Balaban J connectivity index is 2.01. The second-order valence-corrected chi connectivity index (χ2v) is 4.60. The van der Waals surface area contributed by atoms with E-state index < -0.39 is 0 Å². The van der Waals surface area contributed by atoms with E-state index in [9.17, 15) is 4.79 Å². The smallest absolute Gasteiger partial charge is 0.226 e. The van der Waals surface area contributed by atoms with Gasteiger partial charge in [-0.3, -0.25) is 4.79 Å². The minimum absolute atomic E-state index is 0.169. The molecule has 1 aromatic heterocycles. The highest BCUT2D eigenvalue weighted by molar-refractivity contribution is 5.81. The van der Waals surface area contributed by atoms with E-state index in [0.717, 1.165) is 36.0 Å². The second kappa shape index (κ2) is 5.67. The molecule has 18 heavy (non-hydrogen) atoms. The molecule has 96 valence electrons. The molecule has 0 saturated carbocycles. The van der Waals surface area contributed by atoms with Crippen LogP contribution < -0.4 is 0 Å². The molecular weight excluding hydrogens is 226 g/mol. The van der Waals surface area contributed by atoms with Gasteiger partial charge in [0.05, 0.1) is 23.8 Å². The molecular formula is C14H19N3O. The maximum Gasteiger partial charge on any atom is 0.226 e. The van der Waals surface area contributed by atoms with Crippen molar-refractivity contribution >= 4 is 16.9 Å². The van der Waals surface area contributed by atoms with E-state index in [4.69, 9.17) is 0 Å². The Kier molecular flexibility index (Phi) is 3.97. The number of nitrogens with one attached hydrogen (secondary N) is 1. The highest BCUT2D eigenvalue weighted by atomic mass is 16.2. The van der Waals surface area contributed by atoms with E-state index in [1.54, 1.807) is 11.2 Å². The molecule has 0 saturated heterocycles. The lowest BCUT2D eigenvalue weighted by molar-refractivity contribution is -0.129. The van der Waals surface area contributed by atoms with Crippen LogP contribution in [0.1, 0.15) is 25.3 Å². The number of rotatable bonds is 5. The second-order valence-electron chi connectivity index (χ2n) is 4.60. The number of unbranched alkanes of at least 4 members (excludes halogenated alkanes) is 1. The van der Waals surface area contributed by atoms with Crippen LogP contribution in [0.4, 0.5) is 0 Å². The van der Waals surface area contributed by atoms with Crippen LogP contribution in [0, 0.1) is 0 Å². The van der Waals surface area contributed by atoms with Crippen molar-refractivity contribution in [3.8, 4) is 0 Å². The molecule has 0 aliphatic carbocycles. The highest BCUT2D eigenvalue weighted by Crippen LogP contribution is 2.12. The summed E-state index contributed by atoms with van der Waals surface area (Å²) in [5, 5.41) is 0. The average molecular weight is 245 g/mol. The number of carbonyl (C=O) groups is 1. The van der Waals surface area contributed by atoms with Crippen LogP contribution in [0.15, 0.2) is 24.5 Å². The quantitative estimate of drug-likeness (QED) is 0.879. The molecule has 1 heterocycles. The van der Waals surface area contributed by atoms with Gasteiger partial charge in [-0.2, -0.15) is 0 Å². The number of hydrogen-bond donors (Lipinski definition) is 1. The molecule has 2 rings (SSSR count). The van der Waals surface area contributed by atoms with E-state index in [1.807, 2.05) is 25.2 Å². The molecule has 1 aromatic carbocycles. The van der Waals surface area contributed by atoms with Gasteiger partial charge in [0.25, 0.3) is 0 Å². The average Bonchev–Trinajstić information content (AvgIpc) is 2.83. The summed E-state index contributed by atoms with van der Waals surface area (Å²) < 4.78 is 0. The first-order chi connectivity index (χ1) is 8.70. The number of imidazole rings is 1. The summed E-state index contributed by atoms with van der Waals surface area (Å²) >= 11 is 0. The summed E-state index contributed by atoms with van der Waals surface area (Å²) in [6.45, 7) is 2.96. The Labute approximate surface area is 107 Å². The Bertz CT molecular complexity index is 533. The zero-order chi connectivity index (χ0) is 13.0. The molecule has 1 amide bonds. The topological polar surface area (TPSA) is 49.0 Å². The van der Waals surface area contributed by atoms with Gasteiger partial charge in [0.2, 0.25) is 5.91 Å². The molecule has 0 spiro atoms. The minimum atomic E-state index is 0.169. The number of aromatic amines is 1. The lowest BCUT2D eigenvalue weighted by Crippen LogP contribution is -2.29. The van der Waals surface area contributed by atoms with Crippen molar-refractivity contribution in [3.05, 3.63) is 30.1 Å². The van der Waals surface area contributed by atoms with E-state index in [0.29, 0.717) is 6.42 Å². The molecule has 4 nitrogen and oxygen atoms in total. The Morgan fingerprint density at radius 1 is 1.44 bits per heavy atom. The van der Waals surface area contributed by atoms with E-state index in [1.165, 1.54) is 0 Å². The van der Waals surface area contributed by atoms with Gasteiger partial charge >= 0.3 is 0 Å². The number of carbonyl (C=O) groups excluding carboxylic acids is 1. The largest absolute Gasteiger partial charge is 0.345 e. The number of amides is 1. The number of aromatic nitrogens is 2. The minimum Gasteiger partial charge on any atom is -0.345 e. The molecule has 0 radical (unpaired) electrons. The number of hydrogen-bond acceptors (Lipinski definition) is 2. The van der Waals surface area contributed by atoms with Gasteiger partial charge in [-0.25, -0.2) is 4.98 Å². The van der Waals surface area contributed by atoms with E-state index in [2.05, 4.69) is 16.9 Å². The van der Waals surface area contributed by atoms with Crippen molar-refractivity contribution in [2.45, 2.75) is 26.2 Å². The van der Waals surface area contributed by atoms with Crippen LogP contribution in [0.2, 0.25) is 0 Å². The van der Waals surface area contributed by atoms with Gasteiger partial charge in [-0.1, -0.05) is 19.4 Å². The van der Waals surface area contributed by atoms with Crippen molar-refractivity contribution < 1.29 is 4.79 Å². The fourth-order valence-electron chi connectivity index (χ4n) is 1.92. The Morgan fingerprint density at radius 2 is 2.28 bits per heavy atom. The van der Waals surface area contributed by atoms with Crippen molar-refractivity contribution in [1.82, 2.24) is 14.9 Å². The molecule has 0 bridgehead atoms. The summed E-state index contributed by atoms with van der Waals surface area (Å²) in [7, 11) is 1.87. The fourth-order valence-corrected chi connectivity index (χ4v) is 1.92.